The number of carbonyl (C=O) groups is 2. The number of fused-ring (bicyclic) bond motifs is 1. The lowest BCUT2D eigenvalue weighted by molar-refractivity contribution is -0.143. The van der Waals surface area contributed by atoms with Gasteiger partial charge in [-0.05, 0) is 101 Å². The van der Waals surface area contributed by atoms with Crippen LogP contribution in [0.3, 0.4) is 0 Å². The molecular weight excluding hydrogens is 618 g/mol. The normalized spacial score (nSPS) is 14.5. The Balaban J connectivity index is 1.67. The van der Waals surface area contributed by atoms with Gasteiger partial charge in [0.15, 0.2) is 22.9 Å². The van der Waals surface area contributed by atoms with Crippen LogP contribution in [0.5, 0.6) is 11.5 Å². The lowest BCUT2D eigenvalue weighted by Gasteiger charge is -2.25. The number of rotatable bonds is 10. The van der Waals surface area contributed by atoms with Gasteiger partial charge in [0.2, 0.25) is 0 Å². The lowest BCUT2D eigenvalue weighted by atomic mass is 9.95. The first kappa shape index (κ1) is 33.5. The summed E-state index contributed by atoms with van der Waals surface area (Å²) in [4.78, 5) is 44.6. The van der Waals surface area contributed by atoms with Gasteiger partial charge in [0, 0.05) is 17.1 Å². The van der Waals surface area contributed by atoms with Gasteiger partial charge < -0.3 is 23.5 Å². The van der Waals surface area contributed by atoms with Gasteiger partial charge in [-0.25, -0.2) is 14.6 Å². The Hall–Kier alpha value is -4.90. The number of allylic oxidation sites excluding steroid dienone is 1. The van der Waals surface area contributed by atoms with Crippen molar-refractivity contribution in [3.8, 4) is 17.2 Å². The van der Waals surface area contributed by atoms with Crippen molar-refractivity contribution >= 4 is 29.4 Å². The third-order valence-electron chi connectivity index (χ3n) is 8.25. The van der Waals surface area contributed by atoms with Crippen molar-refractivity contribution in [3.05, 3.63) is 107 Å². The summed E-state index contributed by atoms with van der Waals surface area (Å²) < 4.78 is 25.9. The van der Waals surface area contributed by atoms with E-state index in [0.29, 0.717) is 38.7 Å². The van der Waals surface area contributed by atoms with Gasteiger partial charge >= 0.3 is 11.9 Å². The Kier molecular flexibility index (Phi) is 9.85. The molecule has 2 aromatic heterocycles. The monoisotopic (exact) mass is 657 g/mol. The van der Waals surface area contributed by atoms with Crippen LogP contribution in [0.15, 0.2) is 63.5 Å². The number of thiazole rings is 1. The van der Waals surface area contributed by atoms with Crippen molar-refractivity contribution in [3.63, 3.8) is 0 Å². The Bertz CT molecular complexity index is 2080. The fraction of sp³-hybridized carbons (Fsp3) is 0.333. The number of carbonyl (C=O) groups excluding carboxylic acids is 2. The summed E-state index contributed by atoms with van der Waals surface area (Å²) in [5.74, 6) is -0.422. The molecule has 5 rings (SSSR count). The minimum absolute atomic E-state index is 0.160. The Morgan fingerprint density at radius 2 is 1.74 bits per heavy atom. The number of nitrogens with zero attached hydrogens (tertiary/aromatic N) is 3. The SMILES string of the molecule is CCOC(=O)C1=C(C)N=c2s/c(=C\c3cc(C)n(-c4cccc(C)c4C)c3C)c(=O)n2[C@H]1c1ccc(OCC(=O)OC)c(OCC)c1. The molecule has 0 unspecified atom stereocenters. The summed E-state index contributed by atoms with van der Waals surface area (Å²) in [7, 11) is 1.28. The van der Waals surface area contributed by atoms with E-state index in [9.17, 15) is 14.4 Å². The topological polar surface area (TPSA) is 110 Å². The van der Waals surface area contributed by atoms with Crippen LogP contribution in [-0.2, 0) is 19.1 Å². The first-order chi connectivity index (χ1) is 22.5. The molecule has 4 aromatic rings. The van der Waals surface area contributed by atoms with E-state index in [1.807, 2.05) is 26.0 Å². The van der Waals surface area contributed by atoms with Crippen LogP contribution in [0.25, 0.3) is 11.8 Å². The molecule has 11 heteroatoms. The zero-order valence-corrected chi connectivity index (χ0v) is 28.7. The van der Waals surface area contributed by atoms with E-state index in [1.54, 1.807) is 36.6 Å². The van der Waals surface area contributed by atoms with Crippen LogP contribution < -0.4 is 24.4 Å². The van der Waals surface area contributed by atoms with Gasteiger partial charge in [-0.15, -0.1) is 0 Å². The van der Waals surface area contributed by atoms with E-state index >= 15 is 0 Å². The van der Waals surface area contributed by atoms with Crippen molar-refractivity contribution in [2.75, 3.05) is 26.9 Å². The van der Waals surface area contributed by atoms with Gasteiger partial charge in [0.05, 0.1) is 42.2 Å². The standard InChI is InChI=1S/C36H39N3O7S/c1-9-44-29-17-25(14-15-28(29)46-19-31(40)43-8)33-32(35(42)45-10-2)23(6)37-36-39(33)34(41)30(47-36)18-26-16-21(4)38(24(26)7)27-13-11-12-20(3)22(27)5/h11-18,33H,9-10,19H2,1-8H3/b30-18-/t33-/m0/s1. The fourth-order valence-electron chi connectivity index (χ4n) is 5.81. The third-order valence-corrected chi connectivity index (χ3v) is 9.23. The highest BCUT2D eigenvalue weighted by Gasteiger charge is 2.34. The second kappa shape index (κ2) is 13.8. The van der Waals surface area contributed by atoms with Gasteiger partial charge in [-0.3, -0.25) is 9.36 Å². The second-order valence-electron chi connectivity index (χ2n) is 11.2. The first-order valence-corrected chi connectivity index (χ1v) is 16.2. The van der Waals surface area contributed by atoms with Crippen LogP contribution in [0.2, 0.25) is 0 Å². The van der Waals surface area contributed by atoms with Crippen LogP contribution in [-0.4, -0.2) is 48.0 Å². The zero-order valence-electron chi connectivity index (χ0n) is 27.9. The molecule has 246 valence electrons. The molecule has 0 saturated carbocycles. The quantitative estimate of drug-likeness (QED) is 0.226. The lowest BCUT2D eigenvalue weighted by Crippen LogP contribution is -2.40. The Labute approximate surface area is 277 Å². The fourth-order valence-corrected chi connectivity index (χ4v) is 6.85. The molecule has 10 nitrogen and oxygen atoms in total. The number of ether oxygens (including phenoxy) is 4. The highest BCUT2D eigenvalue weighted by atomic mass is 32.1. The summed E-state index contributed by atoms with van der Waals surface area (Å²) in [6.07, 6.45) is 1.89. The highest BCUT2D eigenvalue weighted by molar-refractivity contribution is 7.07. The average molecular weight is 658 g/mol. The van der Waals surface area contributed by atoms with Gasteiger partial charge in [0.25, 0.3) is 5.56 Å². The van der Waals surface area contributed by atoms with Crippen molar-refractivity contribution in [2.24, 2.45) is 4.99 Å². The van der Waals surface area contributed by atoms with Crippen LogP contribution >= 0.6 is 11.3 Å². The molecular formula is C36H39N3O7S. The number of benzene rings is 2. The summed E-state index contributed by atoms with van der Waals surface area (Å²) >= 11 is 1.27. The minimum atomic E-state index is -0.844. The van der Waals surface area contributed by atoms with Crippen molar-refractivity contribution in [1.29, 1.82) is 0 Å². The average Bonchev–Trinajstić information content (AvgIpc) is 3.50. The molecule has 1 atom stereocenters. The molecule has 0 spiro atoms. The van der Waals surface area contributed by atoms with E-state index in [4.69, 9.17) is 23.9 Å². The Morgan fingerprint density at radius 1 is 0.979 bits per heavy atom. The number of hydrogen-bond donors (Lipinski definition) is 0. The van der Waals surface area contributed by atoms with E-state index < -0.39 is 18.0 Å². The van der Waals surface area contributed by atoms with Crippen molar-refractivity contribution < 1.29 is 28.5 Å². The van der Waals surface area contributed by atoms with Gasteiger partial charge in [-0.1, -0.05) is 29.5 Å². The molecule has 47 heavy (non-hydrogen) atoms. The first-order valence-electron chi connectivity index (χ1n) is 15.4. The maximum Gasteiger partial charge on any atom is 0.343 e. The molecule has 0 saturated heterocycles. The summed E-state index contributed by atoms with van der Waals surface area (Å²) in [6, 6.07) is 12.6. The predicted molar refractivity (Wildman–Crippen MR) is 180 cm³/mol. The van der Waals surface area contributed by atoms with Crippen molar-refractivity contribution in [1.82, 2.24) is 9.13 Å². The molecule has 1 aliphatic heterocycles. The molecule has 0 radical (unpaired) electrons. The second-order valence-corrected chi connectivity index (χ2v) is 12.2. The molecule has 0 fully saturated rings. The molecule has 2 aromatic carbocycles. The number of esters is 2. The molecule has 3 heterocycles. The number of methoxy groups -OCH3 is 1. The molecule has 1 aliphatic rings. The largest absolute Gasteiger partial charge is 0.490 e. The summed E-state index contributed by atoms with van der Waals surface area (Å²) in [5.41, 5.74) is 7.48. The van der Waals surface area contributed by atoms with Crippen LogP contribution in [0, 0.1) is 27.7 Å². The molecule has 0 amide bonds. The third kappa shape index (κ3) is 6.40. The highest BCUT2D eigenvalue weighted by Crippen LogP contribution is 2.36. The smallest absolute Gasteiger partial charge is 0.343 e. The zero-order chi connectivity index (χ0) is 34.0. The Morgan fingerprint density at radius 3 is 2.45 bits per heavy atom. The molecule has 0 bridgehead atoms. The van der Waals surface area contributed by atoms with Crippen LogP contribution in [0.4, 0.5) is 0 Å². The molecule has 0 N–H and O–H groups in total. The number of aryl methyl sites for hydroxylation is 2. The maximum absolute atomic E-state index is 14.3. The van der Waals surface area contributed by atoms with Crippen LogP contribution in [0.1, 0.15) is 60.5 Å². The number of hydrogen-bond acceptors (Lipinski definition) is 9. The van der Waals surface area contributed by atoms with E-state index in [0.717, 1.165) is 22.6 Å². The summed E-state index contributed by atoms with van der Waals surface area (Å²) in [5, 5.41) is 0. The van der Waals surface area contributed by atoms with Gasteiger partial charge in [0.1, 0.15) is 0 Å². The maximum atomic E-state index is 14.3. The predicted octanol–water partition coefficient (Wildman–Crippen LogP) is 4.77. The molecule has 0 aliphatic carbocycles. The van der Waals surface area contributed by atoms with E-state index in [1.165, 1.54) is 29.6 Å². The van der Waals surface area contributed by atoms with E-state index in [2.05, 4.69) is 43.5 Å². The van der Waals surface area contributed by atoms with Gasteiger partial charge in [-0.2, -0.15) is 0 Å². The van der Waals surface area contributed by atoms with E-state index in [-0.39, 0.29) is 24.3 Å². The minimum Gasteiger partial charge on any atom is -0.490 e. The summed E-state index contributed by atoms with van der Waals surface area (Å²) in [6.45, 7) is 13.8. The van der Waals surface area contributed by atoms with Crippen molar-refractivity contribution in [2.45, 2.75) is 54.5 Å². The number of aromatic nitrogens is 2.